The van der Waals surface area contributed by atoms with Gasteiger partial charge in [0.05, 0.1) is 0 Å². The molecule has 4 bridgehead atoms. The summed E-state index contributed by atoms with van der Waals surface area (Å²) in [7, 11) is 0. The summed E-state index contributed by atoms with van der Waals surface area (Å²) in [6.07, 6.45) is 8.95. The summed E-state index contributed by atoms with van der Waals surface area (Å²) in [5, 5.41) is 0. The average molecular weight is 671 g/mol. The van der Waals surface area contributed by atoms with Crippen LogP contribution in [0.15, 0.2) is 42.5 Å². The van der Waals surface area contributed by atoms with E-state index < -0.39 is 0 Å². The van der Waals surface area contributed by atoms with Gasteiger partial charge in [-0.1, -0.05) is 64.2 Å². The quantitative estimate of drug-likeness (QED) is 0.233. The molecule has 2 aromatic rings. The van der Waals surface area contributed by atoms with Crippen LogP contribution < -0.4 is 4.90 Å². The predicted octanol–water partition coefficient (Wildman–Crippen LogP) is 9.15. The van der Waals surface area contributed by atoms with Crippen LogP contribution >= 0.6 is 0 Å². The minimum Gasteiger partial charge on any atom is -0.517 e. The van der Waals surface area contributed by atoms with Crippen LogP contribution in [0.3, 0.4) is 0 Å². The Kier molecular flexibility index (Phi) is 8.21. The Morgan fingerprint density at radius 3 is 1.78 bits per heavy atom. The molecule has 201 valence electrons. The van der Waals surface area contributed by atoms with E-state index in [0.717, 1.165) is 23.7 Å². The van der Waals surface area contributed by atoms with Gasteiger partial charge < -0.3 is 4.90 Å². The third-order valence-corrected chi connectivity index (χ3v) is 9.68. The van der Waals surface area contributed by atoms with Crippen molar-refractivity contribution in [2.45, 2.75) is 97.4 Å². The molecule has 5 fully saturated rings. The Hall–Kier alpha value is -1.09. The van der Waals surface area contributed by atoms with Gasteiger partial charge in [-0.15, -0.1) is 17.5 Å². The molecular formula is C33H44AuFN-2. The molecule has 1 aliphatic heterocycles. The van der Waals surface area contributed by atoms with Crippen LogP contribution in [-0.2, 0) is 22.4 Å². The van der Waals surface area contributed by atoms with Crippen molar-refractivity contribution in [1.82, 2.24) is 0 Å². The fourth-order valence-electron chi connectivity index (χ4n) is 8.38. The van der Waals surface area contributed by atoms with E-state index >= 15 is 0 Å². The van der Waals surface area contributed by atoms with Crippen LogP contribution in [-0.4, -0.2) is 5.54 Å². The molecule has 36 heavy (non-hydrogen) atoms. The Bertz CT molecular complexity index is 973. The number of para-hydroxylation sites is 1. The third-order valence-electron chi connectivity index (χ3n) is 9.68. The number of rotatable bonds is 3. The maximum absolute atomic E-state index is 11.9. The van der Waals surface area contributed by atoms with Crippen molar-refractivity contribution in [2.24, 2.45) is 29.1 Å². The molecule has 4 saturated carbocycles. The van der Waals surface area contributed by atoms with Gasteiger partial charge in [-0.2, -0.15) is 18.2 Å². The molecular weight excluding hydrogens is 626 g/mol. The van der Waals surface area contributed by atoms with Crippen molar-refractivity contribution in [2.75, 3.05) is 4.90 Å². The molecule has 4 aliphatic carbocycles. The number of benzene rings is 2. The van der Waals surface area contributed by atoms with Gasteiger partial charge in [0.2, 0.25) is 0 Å². The summed E-state index contributed by atoms with van der Waals surface area (Å²) >= 11 is 0. The van der Waals surface area contributed by atoms with Gasteiger partial charge in [0.25, 0.3) is 0 Å². The zero-order valence-corrected chi connectivity index (χ0v) is 25.1. The summed E-state index contributed by atoms with van der Waals surface area (Å²) in [5.41, 5.74) is 5.30. The van der Waals surface area contributed by atoms with E-state index in [1.807, 2.05) is 0 Å². The van der Waals surface area contributed by atoms with Crippen LogP contribution in [0.25, 0.3) is 0 Å². The molecule has 1 spiro atoms. The molecule has 0 unspecified atom stereocenters. The Morgan fingerprint density at radius 1 is 0.861 bits per heavy atom. The summed E-state index contributed by atoms with van der Waals surface area (Å²) in [6, 6.07) is 15.6. The van der Waals surface area contributed by atoms with Gasteiger partial charge in [0, 0.05) is 39.4 Å². The minimum atomic E-state index is -0.209. The van der Waals surface area contributed by atoms with E-state index in [9.17, 15) is 4.39 Å². The van der Waals surface area contributed by atoms with Gasteiger partial charge in [0.1, 0.15) is 0 Å². The first kappa shape index (κ1) is 27.9. The SMILES string of the molecule is CC(C)c1cccc(C(C)C)c1N1[CH-]C2(CC1(C)C)C1CC3CC(C1)CC2C3.Fc1cc[c-]cc1.[Au]. The second-order valence-electron chi connectivity index (χ2n) is 13.2. The van der Waals surface area contributed by atoms with Gasteiger partial charge in [-0.25, -0.2) is 10.9 Å². The Labute approximate surface area is 235 Å². The summed E-state index contributed by atoms with van der Waals surface area (Å²) in [6.45, 7) is 17.3. The van der Waals surface area contributed by atoms with E-state index in [1.165, 1.54) is 67.5 Å². The molecule has 1 nitrogen and oxygen atoms in total. The third kappa shape index (κ3) is 4.99. The number of nitrogens with zero attached hydrogens (tertiary/aromatic N) is 1. The summed E-state index contributed by atoms with van der Waals surface area (Å²) < 4.78 is 11.9. The topological polar surface area (TPSA) is 3.24 Å². The molecule has 3 heteroatoms. The van der Waals surface area contributed by atoms with E-state index in [4.69, 9.17) is 0 Å². The first-order valence-electron chi connectivity index (χ1n) is 14.0. The second kappa shape index (κ2) is 10.6. The van der Waals surface area contributed by atoms with Gasteiger partial charge in [-0.3, -0.25) is 0 Å². The molecule has 1 heterocycles. The zero-order valence-electron chi connectivity index (χ0n) is 23.0. The molecule has 0 aromatic heterocycles. The number of hydrogen-bond donors (Lipinski definition) is 0. The van der Waals surface area contributed by atoms with Crippen molar-refractivity contribution < 1.29 is 26.8 Å². The van der Waals surface area contributed by atoms with Crippen molar-refractivity contribution in [3.05, 3.63) is 72.0 Å². The Morgan fingerprint density at radius 2 is 1.36 bits per heavy atom. The largest absolute Gasteiger partial charge is 0.517 e. The minimum absolute atomic E-state index is 0. The van der Waals surface area contributed by atoms with Crippen LogP contribution in [0.4, 0.5) is 10.1 Å². The smallest absolute Gasteiger partial charge is 0.0151 e. The summed E-state index contributed by atoms with van der Waals surface area (Å²) in [4.78, 5) is 2.78. The maximum atomic E-state index is 11.9. The monoisotopic (exact) mass is 670 g/mol. The molecule has 5 aliphatic rings. The van der Waals surface area contributed by atoms with E-state index in [2.05, 4.69) is 77.3 Å². The zero-order chi connectivity index (χ0) is 25.0. The number of halogens is 1. The second-order valence-corrected chi connectivity index (χ2v) is 13.2. The van der Waals surface area contributed by atoms with Gasteiger partial charge in [-0.05, 0) is 80.8 Å². The Balaban J connectivity index is 0.000000331. The van der Waals surface area contributed by atoms with E-state index in [0.29, 0.717) is 17.3 Å². The standard InChI is InChI=1S/C27H40N.C6H4F.Au/c1-17(2)23-8-7-9-24(18(3)4)25(23)28-16-27(15-26(28,5)6)21-11-19-10-20(13-21)14-22(27)12-19;7-6-4-2-1-3-5-6;/h7-9,16-22H,10-15H2,1-6H3;2-5H;/q2*-1;. The van der Waals surface area contributed by atoms with Gasteiger partial charge >= 0.3 is 0 Å². The fraction of sp³-hybridized carbons (Fsp3) is 0.606. The fourth-order valence-corrected chi connectivity index (χ4v) is 8.38. The van der Waals surface area contributed by atoms with Crippen LogP contribution in [0, 0.1) is 47.5 Å². The van der Waals surface area contributed by atoms with Crippen LogP contribution in [0.1, 0.15) is 103 Å². The number of anilines is 1. The first-order valence-corrected chi connectivity index (χ1v) is 14.0. The molecule has 0 N–H and O–H groups in total. The maximum Gasteiger partial charge on any atom is 0.0151 e. The normalized spacial score (nSPS) is 31.5. The predicted molar refractivity (Wildman–Crippen MR) is 145 cm³/mol. The average Bonchev–Trinajstić information content (AvgIpc) is 3.09. The van der Waals surface area contributed by atoms with Crippen molar-refractivity contribution in [1.29, 1.82) is 0 Å². The van der Waals surface area contributed by atoms with Gasteiger partial charge in [0.15, 0.2) is 0 Å². The van der Waals surface area contributed by atoms with Crippen LogP contribution in [0.5, 0.6) is 0 Å². The van der Waals surface area contributed by atoms with Crippen LogP contribution in [0.2, 0.25) is 0 Å². The van der Waals surface area contributed by atoms with E-state index in [-0.39, 0.29) is 33.7 Å². The molecule has 0 atom stereocenters. The van der Waals surface area contributed by atoms with E-state index in [1.54, 1.807) is 12.1 Å². The van der Waals surface area contributed by atoms with Crippen molar-refractivity contribution in [3.63, 3.8) is 0 Å². The molecule has 1 saturated heterocycles. The van der Waals surface area contributed by atoms with Crippen molar-refractivity contribution >= 4 is 5.69 Å². The first-order chi connectivity index (χ1) is 16.6. The number of hydrogen-bond acceptors (Lipinski definition) is 1. The molecule has 7 rings (SSSR count). The summed E-state index contributed by atoms with van der Waals surface area (Å²) in [5.74, 6) is 4.91. The molecule has 1 radical (unpaired) electrons. The van der Waals surface area contributed by atoms with Crippen molar-refractivity contribution in [3.8, 4) is 0 Å². The molecule has 0 amide bonds. The molecule has 2 aromatic carbocycles.